The highest BCUT2D eigenvalue weighted by Gasteiger charge is 2.23. The van der Waals surface area contributed by atoms with E-state index >= 15 is 0 Å². The maximum absolute atomic E-state index is 12.4. The molecular weight excluding hydrogens is 274 g/mol. The molecule has 0 bridgehead atoms. The van der Waals surface area contributed by atoms with E-state index in [1.54, 1.807) is 0 Å². The fourth-order valence-corrected chi connectivity index (χ4v) is 3.95. The Balaban J connectivity index is 1.64. The Morgan fingerprint density at radius 1 is 1.09 bits per heavy atom. The van der Waals surface area contributed by atoms with Crippen LogP contribution in [0.5, 0.6) is 0 Å². The molecule has 4 heteroatoms. The fourth-order valence-electron chi connectivity index (χ4n) is 3.95. The molecule has 0 unspecified atom stereocenters. The molecule has 2 rings (SSSR count). The summed E-state index contributed by atoms with van der Waals surface area (Å²) in [5.41, 5.74) is 0. The molecule has 1 aliphatic carbocycles. The van der Waals surface area contributed by atoms with Crippen molar-refractivity contribution in [3.63, 3.8) is 0 Å². The van der Waals surface area contributed by atoms with E-state index in [0.717, 1.165) is 38.0 Å². The van der Waals surface area contributed by atoms with Crippen LogP contribution >= 0.6 is 0 Å². The lowest BCUT2D eigenvalue weighted by Gasteiger charge is -2.33. The van der Waals surface area contributed by atoms with E-state index in [-0.39, 0.29) is 0 Å². The van der Waals surface area contributed by atoms with Gasteiger partial charge in [-0.1, -0.05) is 19.3 Å². The number of rotatable bonds is 7. The third-order valence-electron chi connectivity index (χ3n) is 5.55. The summed E-state index contributed by atoms with van der Waals surface area (Å²) in [6.07, 6.45) is 10.5. The van der Waals surface area contributed by atoms with E-state index < -0.39 is 0 Å². The van der Waals surface area contributed by atoms with Gasteiger partial charge >= 0.3 is 0 Å². The third kappa shape index (κ3) is 5.88. The van der Waals surface area contributed by atoms with Crippen molar-refractivity contribution in [3.8, 4) is 0 Å². The van der Waals surface area contributed by atoms with Crippen LogP contribution in [-0.2, 0) is 4.79 Å². The Morgan fingerprint density at radius 2 is 1.77 bits per heavy atom. The van der Waals surface area contributed by atoms with Crippen molar-refractivity contribution >= 4 is 5.91 Å². The second kappa shape index (κ2) is 9.51. The number of hydrogen-bond acceptors (Lipinski definition) is 3. The van der Waals surface area contributed by atoms with Crippen molar-refractivity contribution in [3.05, 3.63) is 0 Å². The number of nitrogens with one attached hydrogen (secondary N) is 1. The van der Waals surface area contributed by atoms with Crippen molar-refractivity contribution < 1.29 is 4.79 Å². The smallest absolute Gasteiger partial charge is 0.236 e. The second-order valence-corrected chi connectivity index (χ2v) is 7.39. The number of nitrogens with zero attached hydrogens (tertiary/aromatic N) is 2. The van der Waals surface area contributed by atoms with Gasteiger partial charge in [0.2, 0.25) is 5.91 Å². The highest BCUT2D eigenvalue weighted by atomic mass is 16.2. The molecule has 2 aliphatic rings. The number of piperidine rings is 1. The van der Waals surface area contributed by atoms with Gasteiger partial charge in [0.05, 0.1) is 6.54 Å². The quantitative estimate of drug-likeness (QED) is 0.784. The molecule has 128 valence electrons. The zero-order chi connectivity index (χ0) is 15.8. The summed E-state index contributed by atoms with van der Waals surface area (Å²) in [6, 6.07) is 0. The first-order chi connectivity index (χ1) is 10.7. The van der Waals surface area contributed by atoms with Gasteiger partial charge in [0.25, 0.3) is 0 Å². The lowest BCUT2D eigenvalue weighted by atomic mass is 9.89. The first kappa shape index (κ1) is 17.7. The molecule has 2 fully saturated rings. The van der Waals surface area contributed by atoms with Crippen LogP contribution in [0.15, 0.2) is 0 Å². The largest absolute Gasteiger partial charge is 0.344 e. The van der Waals surface area contributed by atoms with Crippen LogP contribution in [0.3, 0.4) is 0 Å². The molecule has 4 nitrogen and oxygen atoms in total. The average Bonchev–Trinajstić information content (AvgIpc) is 2.55. The summed E-state index contributed by atoms with van der Waals surface area (Å²) in [5, 5.41) is 3.24. The minimum absolute atomic E-state index is 0.319. The predicted molar refractivity (Wildman–Crippen MR) is 91.9 cm³/mol. The van der Waals surface area contributed by atoms with Crippen LogP contribution in [0.1, 0.15) is 51.4 Å². The minimum Gasteiger partial charge on any atom is -0.344 e. The topological polar surface area (TPSA) is 35.6 Å². The molecule has 0 radical (unpaired) electrons. The van der Waals surface area contributed by atoms with Crippen molar-refractivity contribution in [2.24, 2.45) is 11.8 Å². The summed E-state index contributed by atoms with van der Waals surface area (Å²) < 4.78 is 0. The summed E-state index contributed by atoms with van der Waals surface area (Å²) in [4.78, 5) is 16.8. The molecule has 1 N–H and O–H groups in total. The van der Waals surface area contributed by atoms with E-state index in [0.29, 0.717) is 12.5 Å². The Labute approximate surface area is 136 Å². The Kier molecular flexibility index (Phi) is 7.67. The summed E-state index contributed by atoms with van der Waals surface area (Å²) in [5.74, 6) is 1.91. The van der Waals surface area contributed by atoms with Gasteiger partial charge in [0.1, 0.15) is 0 Å². The highest BCUT2D eigenvalue weighted by molar-refractivity contribution is 5.78. The van der Waals surface area contributed by atoms with E-state index in [2.05, 4.69) is 10.2 Å². The van der Waals surface area contributed by atoms with Crippen LogP contribution in [0.4, 0.5) is 0 Å². The molecule has 22 heavy (non-hydrogen) atoms. The van der Waals surface area contributed by atoms with Gasteiger partial charge in [0.15, 0.2) is 0 Å². The molecule has 1 saturated heterocycles. The summed E-state index contributed by atoms with van der Waals surface area (Å²) in [7, 11) is 4.02. The predicted octanol–water partition coefficient (Wildman–Crippen LogP) is 2.35. The summed E-state index contributed by atoms with van der Waals surface area (Å²) in [6.45, 7) is 4.90. The van der Waals surface area contributed by atoms with Gasteiger partial charge in [0, 0.05) is 13.6 Å². The van der Waals surface area contributed by atoms with Crippen LogP contribution in [0.25, 0.3) is 0 Å². The SMILES string of the molecule is CNCCC1CCN(CC(=O)N(C)CC2CCCCC2)CC1. The second-order valence-electron chi connectivity index (χ2n) is 7.39. The number of carbonyl (C=O) groups excluding carboxylic acids is 1. The van der Waals surface area contributed by atoms with Crippen LogP contribution in [0.2, 0.25) is 0 Å². The Hall–Kier alpha value is -0.610. The first-order valence-corrected chi connectivity index (χ1v) is 9.30. The van der Waals surface area contributed by atoms with Crippen molar-refractivity contribution in [2.75, 3.05) is 46.8 Å². The standard InChI is InChI=1S/C18H35N3O/c1-19-11-8-16-9-12-21(13-10-16)15-18(22)20(2)14-17-6-4-3-5-7-17/h16-17,19H,3-15H2,1-2H3. The fraction of sp³-hybridized carbons (Fsp3) is 0.944. The minimum atomic E-state index is 0.319. The number of carbonyl (C=O) groups is 1. The van der Waals surface area contributed by atoms with E-state index in [4.69, 9.17) is 0 Å². The molecule has 0 aromatic carbocycles. The Morgan fingerprint density at radius 3 is 2.41 bits per heavy atom. The molecule has 1 aliphatic heterocycles. The maximum atomic E-state index is 12.4. The van der Waals surface area contributed by atoms with Gasteiger partial charge in [-0.2, -0.15) is 0 Å². The number of likely N-dealkylation sites (N-methyl/N-ethyl adjacent to an activating group) is 1. The van der Waals surface area contributed by atoms with E-state index in [1.165, 1.54) is 51.4 Å². The number of amides is 1. The van der Waals surface area contributed by atoms with Gasteiger partial charge in [-0.05, 0) is 70.6 Å². The number of likely N-dealkylation sites (tertiary alicyclic amines) is 1. The monoisotopic (exact) mass is 309 g/mol. The lowest BCUT2D eigenvalue weighted by Crippen LogP contribution is -2.43. The van der Waals surface area contributed by atoms with E-state index in [1.807, 2.05) is 19.0 Å². The average molecular weight is 309 g/mol. The first-order valence-electron chi connectivity index (χ1n) is 9.30. The molecule has 1 heterocycles. The van der Waals surface area contributed by atoms with Crippen LogP contribution < -0.4 is 5.32 Å². The molecule has 1 amide bonds. The highest BCUT2D eigenvalue weighted by Crippen LogP contribution is 2.24. The molecule has 0 aromatic heterocycles. The molecule has 1 saturated carbocycles. The Bertz CT molecular complexity index is 320. The zero-order valence-electron chi connectivity index (χ0n) is 14.6. The van der Waals surface area contributed by atoms with Gasteiger partial charge in [-0.25, -0.2) is 0 Å². The number of hydrogen-bond donors (Lipinski definition) is 1. The zero-order valence-corrected chi connectivity index (χ0v) is 14.6. The maximum Gasteiger partial charge on any atom is 0.236 e. The van der Waals surface area contributed by atoms with Gasteiger partial charge in [-0.3, -0.25) is 9.69 Å². The van der Waals surface area contributed by atoms with Crippen LogP contribution in [-0.4, -0.2) is 62.5 Å². The van der Waals surface area contributed by atoms with Crippen LogP contribution in [0, 0.1) is 11.8 Å². The molecule has 0 aromatic rings. The molecule has 0 spiro atoms. The van der Waals surface area contributed by atoms with Crippen molar-refractivity contribution in [1.29, 1.82) is 0 Å². The molecule has 0 atom stereocenters. The normalized spacial score (nSPS) is 21.9. The van der Waals surface area contributed by atoms with E-state index in [9.17, 15) is 4.79 Å². The van der Waals surface area contributed by atoms with Crippen molar-refractivity contribution in [2.45, 2.75) is 51.4 Å². The van der Waals surface area contributed by atoms with Gasteiger partial charge in [-0.15, -0.1) is 0 Å². The van der Waals surface area contributed by atoms with Gasteiger partial charge < -0.3 is 10.2 Å². The van der Waals surface area contributed by atoms with Crippen molar-refractivity contribution in [1.82, 2.24) is 15.1 Å². The lowest BCUT2D eigenvalue weighted by molar-refractivity contribution is -0.132. The summed E-state index contributed by atoms with van der Waals surface area (Å²) >= 11 is 0. The third-order valence-corrected chi connectivity index (χ3v) is 5.55. The molecular formula is C18H35N3O.